The van der Waals surface area contributed by atoms with E-state index in [4.69, 9.17) is 14.2 Å². The predicted molar refractivity (Wildman–Crippen MR) is 119 cm³/mol. The van der Waals surface area contributed by atoms with Crippen LogP contribution in [0.1, 0.15) is 23.6 Å². The number of carbonyl (C=O) groups is 2. The van der Waals surface area contributed by atoms with Crippen molar-refractivity contribution in [3.63, 3.8) is 0 Å². The molecule has 0 spiro atoms. The number of Topliss-reactive ketones (excluding diaryl/α,β-unsaturated/α-hetero) is 1. The summed E-state index contributed by atoms with van der Waals surface area (Å²) in [5, 5.41) is 11.2. The zero-order chi connectivity index (χ0) is 22.8. The smallest absolute Gasteiger partial charge is 0.295 e. The number of benzene rings is 2. The monoisotopic (exact) mass is 451 g/mol. The van der Waals surface area contributed by atoms with Crippen LogP contribution >= 0.6 is 0 Å². The van der Waals surface area contributed by atoms with Crippen LogP contribution in [0.3, 0.4) is 0 Å². The first kappa shape index (κ1) is 21.5. The third-order valence-corrected chi connectivity index (χ3v) is 6.43. The van der Waals surface area contributed by atoms with Crippen molar-refractivity contribution in [2.45, 2.75) is 12.5 Å². The summed E-state index contributed by atoms with van der Waals surface area (Å²) in [6.07, 6.45) is 0.760. The number of aliphatic hydroxyl groups excluding tert-OH is 1. The van der Waals surface area contributed by atoms with Crippen molar-refractivity contribution in [1.29, 1.82) is 0 Å². The van der Waals surface area contributed by atoms with E-state index in [0.29, 0.717) is 23.6 Å². The molecule has 0 radical (unpaired) electrons. The highest BCUT2D eigenvalue weighted by Crippen LogP contribution is 2.41. The number of nitrogens with zero attached hydrogens (tertiary/aromatic N) is 1. The Labute approximate surface area is 192 Å². The van der Waals surface area contributed by atoms with Gasteiger partial charge in [0, 0.05) is 18.5 Å². The van der Waals surface area contributed by atoms with Crippen molar-refractivity contribution in [1.82, 2.24) is 4.90 Å². The maximum Gasteiger partial charge on any atom is 0.295 e. The predicted octanol–water partition coefficient (Wildman–Crippen LogP) is 1.14. The molecule has 1 atom stereocenters. The SMILES string of the molecule is O=C1C(=O)N(CCC[NH+]2CCOCC2)C(c2ccccc2)C1=C(O)c1ccc2c(c1)OCO2. The fraction of sp³-hybridized carbons (Fsp3) is 0.360. The maximum atomic E-state index is 13.1. The summed E-state index contributed by atoms with van der Waals surface area (Å²) < 4.78 is 16.2. The van der Waals surface area contributed by atoms with E-state index >= 15 is 0 Å². The standard InChI is InChI=1S/C25H26N2O6/c28-23(18-7-8-19-20(15-18)33-16-32-19)21-22(17-5-2-1-3-6-17)27(25(30)24(21)29)10-4-9-26-11-13-31-14-12-26/h1-3,5-8,15,22,28H,4,9-14,16H2/p+1. The first-order valence-electron chi connectivity index (χ1n) is 11.3. The van der Waals surface area contributed by atoms with E-state index in [0.717, 1.165) is 44.8 Å². The van der Waals surface area contributed by atoms with Gasteiger partial charge in [-0.05, 0) is 23.8 Å². The lowest BCUT2D eigenvalue weighted by atomic mass is 9.95. The molecule has 2 aromatic carbocycles. The number of ether oxygens (including phenoxy) is 3. The molecule has 33 heavy (non-hydrogen) atoms. The highest BCUT2D eigenvalue weighted by atomic mass is 16.7. The molecule has 2 saturated heterocycles. The van der Waals surface area contributed by atoms with Crippen molar-refractivity contribution in [2.75, 3.05) is 46.2 Å². The van der Waals surface area contributed by atoms with Gasteiger partial charge in [-0.2, -0.15) is 0 Å². The number of hydrogen-bond acceptors (Lipinski definition) is 6. The normalized spacial score (nSPS) is 22.2. The van der Waals surface area contributed by atoms with Crippen molar-refractivity contribution >= 4 is 17.4 Å². The van der Waals surface area contributed by atoms with E-state index in [2.05, 4.69) is 0 Å². The highest BCUT2D eigenvalue weighted by molar-refractivity contribution is 6.46. The van der Waals surface area contributed by atoms with Gasteiger partial charge >= 0.3 is 0 Å². The van der Waals surface area contributed by atoms with Crippen LogP contribution in [0.4, 0.5) is 0 Å². The lowest BCUT2D eigenvalue weighted by molar-refractivity contribution is -0.908. The van der Waals surface area contributed by atoms with Crippen molar-refractivity contribution in [3.8, 4) is 11.5 Å². The number of morpholine rings is 1. The van der Waals surface area contributed by atoms with Crippen LogP contribution in [0.2, 0.25) is 0 Å². The van der Waals surface area contributed by atoms with E-state index in [1.807, 2.05) is 30.3 Å². The number of amides is 1. The highest BCUT2D eigenvalue weighted by Gasteiger charge is 2.46. The molecule has 2 N–H and O–H groups in total. The second-order valence-corrected chi connectivity index (χ2v) is 8.44. The van der Waals surface area contributed by atoms with Gasteiger partial charge < -0.3 is 29.1 Å². The molecular weight excluding hydrogens is 424 g/mol. The first-order valence-corrected chi connectivity index (χ1v) is 11.3. The molecule has 0 bridgehead atoms. The number of nitrogens with one attached hydrogen (secondary N) is 1. The minimum absolute atomic E-state index is 0.101. The van der Waals surface area contributed by atoms with E-state index in [1.165, 1.54) is 4.90 Å². The molecule has 5 rings (SSSR count). The van der Waals surface area contributed by atoms with Crippen LogP contribution in [-0.2, 0) is 14.3 Å². The van der Waals surface area contributed by atoms with Gasteiger partial charge in [0.05, 0.1) is 31.4 Å². The molecule has 1 amide bonds. The van der Waals surface area contributed by atoms with Crippen LogP contribution in [0.15, 0.2) is 54.1 Å². The zero-order valence-electron chi connectivity index (χ0n) is 18.3. The summed E-state index contributed by atoms with van der Waals surface area (Å²) in [6.45, 7) is 4.84. The zero-order valence-corrected chi connectivity index (χ0v) is 18.3. The van der Waals surface area contributed by atoms with Crippen molar-refractivity contribution < 1.29 is 33.8 Å². The molecule has 2 fully saturated rings. The molecule has 0 saturated carbocycles. The summed E-state index contributed by atoms with van der Waals surface area (Å²) in [5.41, 5.74) is 1.30. The second kappa shape index (κ2) is 9.25. The van der Waals surface area contributed by atoms with E-state index in [9.17, 15) is 14.7 Å². The molecular formula is C25H27N2O6+. The molecule has 2 aromatic rings. The number of rotatable bonds is 6. The molecule has 3 aliphatic rings. The average molecular weight is 451 g/mol. The number of likely N-dealkylation sites (tertiary alicyclic amines) is 1. The van der Waals surface area contributed by atoms with Crippen LogP contribution in [0, 0.1) is 0 Å². The molecule has 8 nitrogen and oxygen atoms in total. The van der Waals surface area contributed by atoms with Gasteiger partial charge in [-0.3, -0.25) is 9.59 Å². The van der Waals surface area contributed by atoms with Gasteiger partial charge in [-0.15, -0.1) is 0 Å². The third-order valence-electron chi connectivity index (χ3n) is 6.43. The number of carbonyl (C=O) groups excluding carboxylic acids is 2. The third kappa shape index (κ3) is 4.19. The van der Waals surface area contributed by atoms with E-state index in [1.54, 1.807) is 23.1 Å². The van der Waals surface area contributed by atoms with E-state index in [-0.39, 0.29) is 18.1 Å². The van der Waals surface area contributed by atoms with Gasteiger partial charge in [-0.25, -0.2) is 0 Å². The summed E-state index contributed by atoms with van der Waals surface area (Å²) in [7, 11) is 0. The van der Waals surface area contributed by atoms with Gasteiger partial charge in [0.25, 0.3) is 11.7 Å². The molecule has 8 heteroatoms. The Kier molecular flexibility index (Phi) is 6.02. The topological polar surface area (TPSA) is 89.7 Å². The fourth-order valence-electron chi connectivity index (χ4n) is 4.70. The lowest BCUT2D eigenvalue weighted by Gasteiger charge is -2.27. The number of fused-ring (bicyclic) bond motifs is 1. The van der Waals surface area contributed by atoms with Crippen LogP contribution < -0.4 is 14.4 Å². The number of ketones is 1. The Morgan fingerprint density at radius 2 is 1.79 bits per heavy atom. The number of quaternary nitrogens is 1. The summed E-state index contributed by atoms with van der Waals surface area (Å²) in [6, 6.07) is 13.7. The quantitative estimate of drug-likeness (QED) is 0.389. The minimum Gasteiger partial charge on any atom is -0.507 e. The van der Waals surface area contributed by atoms with Crippen LogP contribution in [0.5, 0.6) is 11.5 Å². The van der Waals surface area contributed by atoms with Gasteiger partial charge in [0.2, 0.25) is 6.79 Å². The molecule has 0 aromatic heterocycles. The number of aliphatic hydroxyl groups is 1. The Morgan fingerprint density at radius 3 is 2.58 bits per heavy atom. The van der Waals surface area contributed by atoms with Gasteiger partial charge in [-0.1, -0.05) is 30.3 Å². The lowest BCUT2D eigenvalue weighted by Crippen LogP contribution is -3.14. The van der Waals surface area contributed by atoms with Gasteiger partial charge in [0.15, 0.2) is 11.5 Å². The fourth-order valence-corrected chi connectivity index (χ4v) is 4.70. The van der Waals surface area contributed by atoms with Crippen LogP contribution in [-0.4, -0.2) is 67.9 Å². The minimum atomic E-state index is -0.669. The average Bonchev–Trinajstić information content (AvgIpc) is 3.42. The molecule has 3 aliphatic heterocycles. The summed E-state index contributed by atoms with van der Waals surface area (Å²) in [5.74, 6) is -0.377. The van der Waals surface area contributed by atoms with Crippen molar-refractivity contribution in [3.05, 3.63) is 65.2 Å². The van der Waals surface area contributed by atoms with Gasteiger partial charge in [0.1, 0.15) is 18.8 Å². The number of hydrogen-bond donors (Lipinski definition) is 2. The van der Waals surface area contributed by atoms with Crippen LogP contribution in [0.25, 0.3) is 5.76 Å². The Balaban J connectivity index is 1.46. The Morgan fingerprint density at radius 1 is 1.03 bits per heavy atom. The maximum absolute atomic E-state index is 13.1. The molecule has 172 valence electrons. The largest absolute Gasteiger partial charge is 0.507 e. The molecule has 3 heterocycles. The molecule has 1 unspecified atom stereocenters. The Hall–Kier alpha value is -3.36. The van der Waals surface area contributed by atoms with Crippen molar-refractivity contribution in [2.24, 2.45) is 0 Å². The summed E-state index contributed by atoms with van der Waals surface area (Å²) >= 11 is 0. The first-order chi connectivity index (χ1) is 16.1. The Bertz CT molecular complexity index is 1080. The van der Waals surface area contributed by atoms with E-state index < -0.39 is 17.7 Å². The summed E-state index contributed by atoms with van der Waals surface area (Å²) in [4.78, 5) is 29.2. The second-order valence-electron chi connectivity index (χ2n) is 8.44. The molecule has 0 aliphatic carbocycles.